The highest BCUT2D eigenvalue weighted by Crippen LogP contribution is 2.33. The van der Waals surface area contributed by atoms with Gasteiger partial charge >= 0.3 is 0 Å². The molecule has 4 N–H and O–H groups in total. The van der Waals surface area contributed by atoms with E-state index in [2.05, 4.69) is 0 Å². The third-order valence-corrected chi connectivity index (χ3v) is 3.95. The van der Waals surface area contributed by atoms with Crippen LogP contribution in [0.3, 0.4) is 0 Å². The van der Waals surface area contributed by atoms with Crippen molar-refractivity contribution in [3.8, 4) is 0 Å². The molecule has 2 aromatic carbocycles. The molecular formula is C15H16N2OS. The van der Waals surface area contributed by atoms with Crippen molar-refractivity contribution >= 4 is 17.7 Å². The third-order valence-electron chi connectivity index (χ3n) is 3.15. The van der Waals surface area contributed by atoms with Gasteiger partial charge in [-0.2, -0.15) is 0 Å². The lowest BCUT2D eigenvalue weighted by Gasteiger charge is -2.28. The highest BCUT2D eigenvalue weighted by atomic mass is 32.2. The number of carbonyl (C=O) groups is 1. The Morgan fingerprint density at radius 2 is 1.63 bits per heavy atom. The smallest absolute Gasteiger partial charge is 0.246 e. The van der Waals surface area contributed by atoms with E-state index in [1.165, 1.54) is 0 Å². The van der Waals surface area contributed by atoms with Gasteiger partial charge in [0.25, 0.3) is 0 Å². The van der Waals surface area contributed by atoms with Crippen LogP contribution in [0.25, 0.3) is 0 Å². The standard InChI is InChI=1S/C15H16N2OS/c1-19-13-10-6-5-9-12(13)15(17,14(16)18)11-7-3-2-4-8-11/h2-10H,17H2,1H3,(H2,16,18). The molecule has 0 spiro atoms. The lowest BCUT2D eigenvalue weighted by atomic mass is 9.83. The van der Waals surface area contributed by atoms with Crippen LogP contribution in [0.15, 0.2) is 59.5 Å². The van der Waals surface area contributed by atoms with Crippen LogP contribution in [-0.4, -0.2) is 12.2 Å². The maximum atomic E-state index is 12.0. The summed E-state index contributed by atoms with van der Waals surface area (Å²) in [5.41, 5.74) is 12.1. The molecule has 19 heavy (non-hydrogen) atoms. The van der Waals surface area contributed by atoms with Gasteiger partial charge in [0.05, 0.1) is 0 Å². The van der Waals surface area contributed by atoms with Gasteiger partial charge in [0, 0.05) is 4.90 Å². The summed E-state index contributed by atoms with van der Waals surface area (Å²) in [6.45, 7) is 0. The van der Waals surface area contributed by atoms with E-state index < -0.39 is 11.4 Å². The van der Waals surface area contributed by atoms with Crippen molar-refractivity contribution in [1.82, 2.24) is 0 Å². The Hall–Kier alpha value is -1.78. The lowest BCUT2D eigenvalue weighted by molar-refractivity contribution is -0.122. The normalized spacial score (nSPS) is 13.8. The summed E-state index contributed by atoms with van der Waals surface area (Å²) >= 11 is 1.55. The van der Waals surface area contributed by atoms with Crippen molar-refractivity contribution < 1.29 is 4.79 Å². The van der Waals surface area contributed by atoms with E-state index in [0.717, 1.165) is 10.5 Å². The molecule has 98 valence electrons. The molecule has 2 rings (SSSR count). The van der Waals surface area contributed by atoms with Gasteiger partial charge in [-0.05, 0) is 23.4 Å². The van der Waals surface area contributed by atoms with Crippen molar-refractivity contribution in [1.29, 1.82) is 0 Å². The molecular weight excluding hydrogens is 256 g/mol. The maximum Gasteiger partial charge on any atom is 0.246 e. The molecule has 0 heterocycles. The van der Waals surface area contributed by atoms with Crippen LogP contribution in [0.1, 0.15) is 11.1 Å². The van der Waals surface area contributed by atoms with Crippen LogP contribution in [0.4, 0.5) is 0 Å². The number of hydrogen-bond acceptors (Lipinski definition) is 3. The van der Waals surface area contributed by atoms with Gasteiger partial charge < -0.3 is 11.5 Å². The van der Waals surface area contributed by atoms with Crippen LogP contribution in [0.2, 0.25) is 0 Å². The first-order chi connectivity index (χ1) is 9.10. The summed E-state index contributed by atoms with van der Waals surface area (Å²) in [5, 5.41) is 0. The zero-order chi connectivity index (χ0) is 13.9. The maximum absolute atomic E-state index is 12.0. The first-order valence-corrected chi connectivity index (χ1v) is 7.11. The van der Waals surface area contributed by atoms with Crippen molar-refractivity contribution in [2.75, 3.05) is 6.26 Å². The number of benzene rings is 2. The highest BCUT2D eigenvalue weighted by Gasteiger charge is 2.37. The Labute approximate surface area is 117 Å². The summed E-state index contributed by atoms with van der Waals surface area (Å²) in [5.74, 6) is -0.555. The van der Waals surface area contributed by atoms with Gasteiger partial charge in [0.15, 0.2) is 0 Å². The highest BCUT2D eigenvalue weighted by molar-refractivity contribution is 7.98. The fraction of sp³-hybridized carbons (Fsp3) is 0.133. The van der Waals surface area contributed by atoms with E-state index in [0.29, 0.717) is 5.56 Å². The molecule has 0 aliphatic rings. The van der Waals surface area contributed by atoms with Crippen LogP contribution < -0.4 is 11.5 Å². The quantitative estimate of drug-likeness (QED) is 0.837. The van der Waals surface area contributed by atoms with Gasteiger partial charge in [-0.3, -0.25) is 4.79 Å². The Bertz CT molecular complexity index is 586. The van der Waals surface area contributed by atoms with Gasteiger partial charge in [-0.25, -0.2) is 0 Å². The van der Waals surface area contributed by atoms with Crippen molar-refractivity contribution in [2.45, 2.75) is 10.4 Å². The summed E-state index contributed by atoms with van der Waals surface area (Å²) in [6.07, 6.45) is 1.95. The van der Waals surface area contributed by atoms with E-state index in [1.807, 2.05) is 60.9 Å². The zero-order valence-corrected chi connectivity index (χ0v) is 11.5. The van der Waals surface area contributed by atoms with Crippen LogP contribution in [-0.2, 0) is 10.3 Å². The second-order valence-electron chi connectivity index (χ2n) is 4.24. The minimum atomic E-state index is -1.30. The number of rotatable bonds is 4. The first kappa shape index (κ1) is 13.6. The molecule has 3 nitrogen and oxygen atoms in total. The summed E-state index contributed by atoms with van der Waals surface area (Å²) in [6, 6.07) is 16.8. The Morgan fingerprint density at radius 3 is 2.21 bits per heavy atom. The first-order valence-electron chi connectivity index (χ1n) is 5.88. The van der Waals surface area contributed by atoms with Gasteiger partial charge in [-0.15, -0.1) is 11.8 Å². The number of amides is 1. The minimum absolute atomic E-state index is 0.555. The minimum Gasteiger partial charge on any atom is -0.367 e. The molecule has 1 amide bonds. The van der Waals surface area contributed by atoms with E-state index in [4.69, 9.17) is 11.5 Å². The van der Waals surface area contributed by atoms with E-state index in [1.54, 1.807) is 11.8 Å². The van der Waals surface area contributed by atoms with Gasteiger partial charge in [0.1, 0.15) is 5.54 Å². The van der Waals surface area contributed by atoms with Crippen molar-refractivity contribution in [2.24, 2.45) is 11.5 Å². The molecule has 0 radical (unpaired) electrons. The molecule has 0 aromatic heterocycles. The number of thioether (sulfide) groups is 1. The molecule has 1 atom stereocenters. The molecule has 0 bridgehead atoms. The second kappa shape index (κ2) is 5.47. The summed E-state index contributed by atoms with van der Waals surface area (Å²) < 4.78 is 0. The molecule has 4 heteroatoms. The average Bonchev–Trinajstić information content (AvgIpc) is 2.47. The fourth-order valence-corrected chi connectivity index (χ4v) is 2.77. The number of hydrogen-bond donors (Lipinski definition) is 2. The summed E-state index contributed by atoms with van der Waals surface area (Å²) in [4.78, 5) is 12.9. The molecule has 0 fully saturated rings. The van der Waals surface area contributed by atoms with Crippen LogP contribution in [0.5, 0.6) is 0 Å². The van der Waals surface area contributed by atoms with Crippen molar-refractivity contribution in [3.63, 3.8) is 0 Å². The van der Waals surface area contributed by atoms with Crippen LogP contribution >= 0.6 is 11.8 Å². The lowest BCUT2D eigenvalue weighted by Crippen LogP contribution is -2.50. The largest absolute Gasteiger partial charge is 0.367 e. The van der Waals surface area contributed by atoms with Gasteiger partial charge in [0.2, 0.25) is 5.91 Å². The van der Waals surface area contributed by atoms with Crippen LogP contribution in [0, 0.1) is 0 Å². The SMILES string of the molecule is CSc1ccccc1C(N)(C(N)=O)c1ccccc1. The molecule has 0 aliphatic carbocycles. The van der Waals surface area contributed by atoms with E-state index >= 15 is 0 Å². The third kappa shape index (κ3) is 2.37. The predicted octanol–water partition coefficient (Wildman–Crippen LogP) is 2.10. The average molecular weight is 272 g/mol. The van der Waals surface area contributed by atoms with E-state index in [9.17, 15) is 4.79 Å². The number of primary amides is 1. The second-order valence-corrected chi connectivity index (χ2v) is 5.09. The molecule has 0 aliphatic heterocycles. The monoisotopic (exact) mass is 272 g/mol. The molecule has 0 saturated carbocycles. The zero-order valence-electron chi connectivity index (χ0n) is 10.7. The molecule has 1 unspecified atom stereocenters. The Morgan fingerprint density at radius 1 is 1.05 bits per heavy atom. The molecule has 0 saturated heterocycles. The van der Waals surface area contributed by atoms with Gasteiger partial charge in [-0.1, -0.05) is 48.5 Å². The Balaban J connectivity index is 2.67. The van der Waals surface area contributed by atoms with Crippen molar-refractivity contribution in [3.05, 3.63) is 65.7 Å². The van der Waals surface area contributed by atoms with E-state index in [-0.39, 0.29) is 0 Å². The summed E-state index contributed by atoms with van der Waals surface area (Å²) in [7, 11) is 0. The fourth-order valence-electron chi connectivity index (χ4n) is 2.10. The molecule has 2 aromatic rings. The topological polar surface area (TPSA) is 69.1 Å². The number of carbonyl (C=O) groups excluding carboxylic acids is 1. The number of nitrogens with two attached hydrogens (primary N) is 2. The predicted molar refractivity (Wildman–Crippen MR) is 78.8 cm³/mol. The Kier molecular flexibility index (Phi) is 3.93.